The van der Waals surface area contributed by atoms with Gasteiger partial charge in [0.1, 0.15) is 0 Å². The van der Waals surface area contributed by atoms with Crippen molar-refractivity contribution in [1.29, 1.82) is 0 Å². The zero-order valence-electron chi connectivity index (χ0n) is 11.4. The summed E-state index contributed by atoms with van der Waals surface area (Å²) in [5.41, 5.74) is 0. The number of hydrogen-bond acceptors (Lipinski definition) is 2. The molecule has 2 aliphatic heterocycles. The van der Waals surface area contributed by atoms with Gasteiger partial charge in [-0.3, -0.25) is 4.79 Å². The summed E-state index contributed by atoms with van der Waals surface area (Å²) in [4.78, 5) is 14.5. The van der Waals surface area contributed by atoms with Crippen LogP contribution in [0.3, 0.4) is 0 Å². The van der Waals surface area contributed by atoms with E-state index in [0.717, 1.165) is 51.9 Å². The molecule has 3 rings (SSSR count). The first-order valence-corrected chi connectivity index (χ1v) is 7.46. The molecule has 2 aliphatic rings. The smallest absolute Gasteiger partial charge is 0.225 e. The monoisotopic (exact) mass is 261 g/mol. The molecule has 0 bridgehead atoms. The largest absolute Gasteiger partial charge is 0.351 e. The number of aromatic nitrogens is 1. The minimum Gasteiger partial charge on any atom is -0.351 e. The van der Waals surface area contributed by atoms with Gasteiger partial charge in [0.05, 0.1) is 0 Å². The first-order chi connectivity index (χ1) is 9.34. The van der Waals surface area contributed by atoms with Crippen molar-refractivity contribution >= 4 is 5.91 Å². The van der Waals surface area contributed by atoms with Gasteiger partial charge in [-0.2, -0.15) is 0 Å². The molecular weight excluding hydrogens is 238 g/mol. The maximum absolute atomic E-state index is 12.4. The van der Waals surface area contributed by atoms with E-state index in [0.29, 0.717) is 11.9 Å². The van der Waals surface area contributed by atoms with Gasteiger partial charge in [0.2, 0.25) is 5.91 Å². The van der Waals surface area contributed by atoms with E-state index >= 15 is 0 Å². The van der Waals surface area contributed by atoms with Crippen molar-refractivity contribution in [2.24, 2.45) is 5.92 Å². The molecule has 2 fully saturated rings. The molecule has 0 unspecified atom stereocenters. The van der Waals surface area contributed by atoms with Crippen LogP contribution in [0.2, 0.25) is 0 Å². The molecule has 1 N–H and O–H groups in total. The lowest BCUT2D eigenvalue weighted by Gasteiger charge is -2.35. The second kappa shape index (κ2) is 5.78. The Morgan fingerprint density at radius 1 is 1.00 bits per heavy atom. The number of rotatable bonds is 2. The van der Waals surface area contributed by atoms with E-state index in [-0.39, 0.29) is 5.92 Å². The Kier molecular flexibility index (Phi) is 3.87. The van der Waals surface area contributed by atoms with Crippen LogP contribution in [0.25, 0.3) is 0 Å². The summed E-state index contributed by atoms with van der Waals surface area (Å²) in [5, 5.41) is 3.32. The van der Waals surface area contributed by atoms with E-state index in [4.69, 9.17) is 0 Å². The normalized spacial score (nSPS) is 22.6. The van der Waals surface area contributed by atoms with Crippen LogP contribution in [0.15, 0.2) is 24.5 Å². The topological polar surface area (TPSA) is 37.3 Å². The summed E-state index contributed by atoms with van der Waals surface area (Å²) >= 11 is 0. The Bertz CT molecular complexity index is 401. The third-order valence-electron chi connectivity index (χ3n) is 4.51. The van der Waals surface area contributed by atoms with Gasteiger partial charge in [0, 0.05) is 37.4 Å². The number of nitrogens with one attached hydrogen (secondary N) is 1. The summed E-state index contributed by atoms with van der Waals surface area (Å²) in [6, 6.07) is 4.73. The van der Waals surface area contributed by atoms with Crippen LogP contribution in [0.5, 0.6) is 0 Å². The molecule has 0 radical (unpaired) electrons. The van der Waals surface area contributed by atoms with Gasteiger partial charge in [-0.15, -0.1) is 0 Å². The Balaban J connectivity index is 1.53. The second-order valence-electron chi connectivity index (χ2n) is 5.71. The number of likely N-dealkylation sites (tertiary alicyclic amines) is 1. The van der Waals surface area contributed by atoms with Crippen LogP contribution in [0.1, 0.15) is 31.7 Å². The van der Waals surface area contributed by atoms with Gasteiger partial charge in [0.15, 0.2) is 0 Å². The van der Waals surface area contributed by atoms with E-state index in [2.05, 4.69) is 39.3 Å². The molecule has 1 amide bonds. The number of carbonyl (C=O) groups excluding carboxylic acids is 1. The number of carbonyl (C=O) groups is 1. The van der Waals surface area contributed by atoms with E-state index in [1.165, 1.54) is 0 Å². The molecule has 0 spiro atoms. The molecule has 1 aromatic heterocycles. The van der Waals surface area contributed by atoms with Crippen molar-refractivity contribution in [3.05, 3.63) is 24.5 Å². The molecule has 0 aromatic carbocycles. The number of amides is 1. The van der Waals surface area contributed by atoms with Crippen LogP contribution in [-0.2, 0) is 4.79 Å². The number of hydrogen-bond donors (Lipinski definition) is 1. The minimum absolute atomic E-state index is 0.268. The highest BCUT2D eigenvalue weighted by atomic mass is 16.2. The van der Waals surface area contributed by atoms with Gasteiger partial charge >= 0.3 is 0 Å². The summed E-state index contributed by atoms with van der Waals surface area (Å²) < 4.78 is 2.28. The second-order valence-corrected chi connectivity index (χ2v) is 5.71. The molecule has 3 heterocycles. The van der Waals surface area contributed by atoms with Gasteiger partial charge in [0.25, 0.3) is 0 Å². The molecule has 4 nitrogen and oxygen atoms in total. The van der Waals surface area contributed by atoms with Crippen LogP contribution in [-0.4, -0.2) is 41.6 Å². The van der Waals surface area contributed by atoms with Crippen molar-refractivity contribution in [1.82, 2.24) is 14.8 Å². The Labute approximate surface area is 114 Å². The predicted molar refractivity (Wildman–Crippen MR) is 74.9 cm³/mol. The Morgan fingerprint density at radius 3 is 2.26 bits per heavy atom. The van der Waals surface area contributed by atoms with E-state index in [9.17, 15) is 4.79 Å². The van der Waals surface area contributed by atoms with Crippen molar-refractivity contribution in [3.8, 4) is 0 Å². The first-order valence-electron chi connectivity index (χ1n) is 7.46. The fraction of sp³-hybridized carbons (Fsp3) is 0.667. The lowest BCUT2D eigenvalue weighted by Crippen LogP contribution is -2.44. The average Bonchev–Trinajstić information content (AvgIpc) is 3.02. The van der Waals surface area contributed by atoms with E-state index in [1.807, 2.05) is 0 Å². The molecule has 104 valence electrons. The van der Waals surface area contributed by atoms with Crippen molar-refractivity contribution < 1.29 is 4.79 Å². The highest BCUT2D eigenvalue weighted by Crippen LogP contribution is 2.25. The zero-order valence-corrected chi connectivity index (χ0v) is 11.4. The molecule has 19 heavy (non-hydrogen) atoms. The van der Waals surface area contributed by atoms with Gasteiger partial charge in [-0.1, -0.05) is 0 Å². The maximum atomic E-state index is 12.4. The summed E-state index contributed by atoms with van der Waals surface area (Å²) in [7, 11) is 0. The number of nitrogens with zero attached hydrogens (tertiary/aromatic N) is 2. The highest BCUT2D eigenvalue weighted by Gasteiger charge is 2.29. The van der Waals surface area contributed by atoms with E-state index < -0.39 is 0 Å². The van der Waals surface area contributed by atoms with Crippen LogP contribution in [0.4, 0.5) is 0 Å². The highest BCUT2D eigenvalue weighted by molar-refractivity contribution is 5.79. The van der Waals surface area contributed by atoms with Crippen molar-refractivity contribution in [3.63, 3.8) is 0 Å². The summed E-state index contributed by atoms with van der Waals surface area (Å²) in [6.07, 6.45) is 8.47. The molecule has 0 aliphatic carbocycles. The van der Waals surface area contributed by atoms with Crippen molar-refractivity contribution in [2.45, 2.75) is 31.7 Å². The fourth-order valence-corrected chi connectivity index (χ4v) is 3.30. The van der Waals surface area contributed by atoms with Crippen LogP contribution >= 0.6 is 0 Å². The minimum atomic E-state index is 0.268. The summed E-state index contributed by atoms with van der Waals surface area (Å²) in [5.74, 6) is 0.664. The Hall–Kier alpha value is -1.29. The molecule has 0 atom stereocenters. The third kappa shape index (κ3) is 2.84. The summed E-state index contributed by atoms with van der Waals surface area (Å²) in [6.45, 7) is 3.84. The SMILES string of the molecule is O=C(C1CCNCC1)N1CCC(n2cccc2)CC1. The van der Waals surface area contributed by atoms with Gasteiger partial charge < -0.3 is 14.8 Å². The Morgan fingerprint density at radius 2 is 1.63 bits per heavy atom. The molecule has 0 saturated carbocycles. The average molecular weight is 261 g/mol. The zero-order chi connectivity index (χ0) is 13.1. The van der Waals surface area contributed by atoms with Crippen molar-refractivity contribution in [2.75, 3.05) is 26.2 Å². The lowest BCUT2D eigenvalue weighted by atomic mass is 9.95. The lowest BCUT2D eigenvalue weighted by molar-refractivity contribution is -0.137. The number of piperidine rings is 2. The molecular formula is C15H23N3O. The standard InChI is InChI=1S/C15H23N3O/c19-15(13-3-7-16-8-4-13)18-11-5-14(6-12-18)17-9-1-2-10-17/h1-2,9-10,13-14,16H,3-8,11-12H2. The molecule has 2 saturated heterocycles. The fourth-order valence-electron chi connectivity index (χ4n) is 3.30. The van der Waals surface area contributed by atoms with E-state index in [1.54, 1.807) is 0 Å². The predicted octanol–water partition coefficient (Wildman–Crippen LogP) is 1.65. The maximum Gasteiger partial charge on any atom is 0.225 e. The molecule has 4 heteroatoms. The first kappa shape index (κ1) is 12.7. The molecule has 1 aromatic rings. The third-order valence-corrected chi connectivity index (χ3v) is 4.51. The van der Waals surface area contributed by atoms with Gasteiger partial charge in [-0.25, -0.2) is 0 Å². The van der Waals surface area contributed by atoms with Crippen LogP contribution in [0, 0.1) is 5.92 Å². The quantitative estimate of drug-likeness (QED) is 0.879. The van der Waals surface area contributed by atoms with Crippen LogP contribution < -0.4 is 5.32 Å². The van der Waals surface area contributed by atoms with Gasteiger partial charge in [-0.05, 0) is 50.9 Å².